The normalized spacial score (nSPS) is 11.5. The lowest BCUT2D eigenvalue weighted by Gasteiger charge is -2.10. The van der Waals surface area contributed by atoms with Crippen molar-refractivity contribution in [3.05, 3.63) is 77.8 Å². The van der Waals surface area contributed by atoms with E-state index in [1.807, 2.05) is 42.5 Å². The molecular formula is C21H17ClN4O2S. The van der Waals surface area contributed by atoms with Crippen molar-refractivity contribution in [2.24, 2.45) is 0 Å². The van der Waals surface area contributed by atoms with E-state index in [0.29, 0.717) is 16.4 Å². The molecule has 29 heavy (non-hydrogen) atoms. The van der Waals surface area contributed by atoms with Crippen LogP contribution in [0.5, 0.6) is 0 Å². The Kier molecular flexibility index (Phi) is 5.17. The largest absolute Gasteiger partial charge is 0.340 e. The molecule has 8 heteroatoms. The molecule has 0 aliphatic rings. The number of benzene rings is 2. The first-order chi connectivity index (χ1) is 13.9. The van der Waals surface area contributed by atoms with Crippen molar-refractivity contribution >= 4 is 43.8 Å². The van der Waals surface area contributed by atoms with Crippen LogP contribution in [0, 0.1) is 0 Å². The minimum atomic E-state index is -3.14. The number of nitrogens with zero attached hydrogens (tertiary/aromatic N) is 3. The number of anilines is 2. The van der Waals surface area contributed by atoms with E-state index in [9.17, 15) is 8.42 Å². The van der Waals surface area contributed by atoms with E-state index in [2.05, 4.69) is 20.3 Å². The summed E-state index contributed by atoms with van der Waals surface area (Å²) < 4.78 is 23.2. The van der Waals surface area contributed by atoms with Crippen molar-refractivity contribution in [1.82, 2.24) is 15.0 Å². The number of halogens is 1. The highest BCUT2D eigenvalue weighted by Crippen LogP contribution is 2.29. The van der Waals surface area contributed by atoms with Gasteiger partial charge in [-0.05, 0) is 47.5 Å². The van der Waals surface area contributed by atoms with Crippen molar-refractivity contribution in [3.8, 4) is 11.1 Å². The predicted octanol–water partition coefficient (Wildman–Crippen LogP) is 4.63. The van der Waals surface area contributed by atoms with Crippen molar-refractivity contribution in [2.75, 3.05) is 11.6 Å². The van der Waals surface area contributed by atoms with E-state index < -0.39 is 9.84 Å². The Morgan fingerprint density at radius 1 is 1.00 bits per heavy atom. The maximum absolute atomic E-state index is 11.6. The Morgan fingerprint density at radius 2 is 1.86 bits per heavy atom. The molecule has 0 radical (unpaired) electrons. The first-order valence-electron chi connectivity index (χ1n) is 8.77. The van der Waals surface area contributed by atoms with Gasteiger partial charge in [-0.1, -0.05) is 23.7 Å². The van der Waals surface area contributed by atoms with Gasteiger partial charge in [0.15, 0.2) is 9.84 Å². The van der Waals surface area contributed by atoms with Crippen molar-refractivity contribution in [3.63, 3.8) is 0 Å². The molecule has 0 fully saturated rings. The Labute approximate surface area is 173 Å². The summed E-state index contributed by atoms with van der Waals surface area (Å²) in [5.41, 5.74) is 3.97. The number of pyridine rings is 1. The van der Waals surface area contributed by atoms with E-state index in [1.165, 1.54) is 12.6 Å². The lowest BCUT2D eigenvalue weighted by molar-refractivity contribution is 0.601. The fourth-order valence-corrected chi connectivity index (χ4v) is 4.02. The molecule has 0 aliphatic heterocycles. The highest BCUT2D eigenvalue weighted by molar-refractivity contribution is 7.89. The number of hydrogen-bond donors (Lipinski definition) is 1. The van der Waals surface area contributed by atoms with Crippen LogP contribution in [-0.2, 0) is 15.6 Å². The van der Waals surface area contributed by atoms with Crippen molar-refractivity contribution < 1.29 is 8.42 Å². The molecule has 0 spiro atoms. The second kappa shape index (κ2) is 7.77. The smallest absolute Gasteiger partial charge is 0.151 e. The summed E-state index contributed by atoms with van der Waals surface area (Å²) in [6.07, 6.45) is 5.99. The third-order valence-electron chi connectivity index (χ3n) is 4.28. The maximum atomic E-state index is 11.6. The number of nitrogens with one attached hydrogen (secondary N) is 1. The quantitative estimate of drug-likeness (QED) is 0.502. The summed E-state index contributed by atoms with van der Waals surface area (Å²) in [6.45, 7) is 0. The molecule has 0 bridgehead atoms. The van der Waals surface area contributed by atoms with Crippen LogP contribution in [-0.4, -0.2) is 29.6 Å². The first kappa shape index (κ1) is 19.3. The van der Waals surface area contributed by atoms with E-state index in [4.69, 9.17) is 11.6 Å². The Morgan fingerprint density at radius 3 is 2.66 bits per heavy atom. The molecule has 0 unspecified atom stereocenters. The molecule has 0 saturated carbocycles. The van der Waals surface area contributed by atoms with Gasteiger partial charge in [0.2, 0.25) is 0 Å². The van der Waals surface area contributed by atoms with Crippen LogP contribution in [0.3, 0.4) is 0 Å². The highest BCUT2D eigenvalue weighted by Gasteiger charge is 2.10. The van der Waals surface area contributed by atoms with Gasteiger partial charge in [-0.2, -0.15) is 0 Å². The summed E-state index contributed by atoms with van der Waals surface area (Å²) in [6, 6.07) is 15.0. The third-order valence-corrected chi connectivity index (χ3v) is 5.37. The van der Waals surface area contributed by atoms with Gasteiger partial charge in [-0.3, -0.25) is 4.98 Å². The molecular weight excluding hydrogens is 408 g/mol. The Balaban J connectivity index is 1.75. The molecule has 4 rings (SSSR count). The monoisotopic (exact) mass is 424 g/mol. The van der Waals surface area contributed by atoms with Gasteiger partial charge in [0.05, 0.1) is 11.3 Å². The van der Waals surface area contributed by atoms with Crippen LogP contribution in [0.2, 0.25) is 5.02 Å². The lowest BCUT2D eigenvalue weighted by atomic mass is 10.0. The van der Waals surface area contributed by atoms with Crippen LogP contribution < -0.4 is 5.32 Å². The summed E-state index contributed by atoms with van der Waals surface area (Å²) in [4.78, 5) is 12.9. The first-order valence-corrected chi connectivity index (χ1v) is 11.2. The summed E-state index contributed by atoms with van der Waals surface area (Å²) in [5, 5.41) is 4.74. The van der Waals surface area contributed by atoms with Crippen molar-refractivity contribution in [1.29, 1.82) is 0 Å². The lowest BCUT2D eigenvalue weighted by Crippen LogP contribution is -2.01. The average Bonchev–Trinajstić information content (AvgIpc) is 2.67. The van der Waals surface area contributed by atoms with Crippen LogP contribution in [0.15, 0.2) is 67.3 Å². The molecule has 4 aromatic rings. The Bertz CT molecular complexity index is 1310. The van der Waals surface area contributed by atoms with Gasteiger partial charge in [-0.15, -0.1) is 0 Å². The highest BCUT2D eigenvalue weighted by atomic mass is 35.5. The number of hydrogen-bond acceptors (Lipinski definition) is 6. The van der Waals surface area contributed by atoms with Gasteiger partial charge in [0.25, 0.3) is 0 Å². The van der Waals surface area contributed by atoms with Gasteiger partial charge < -0.3 is 5.32 Å². The summed E-state index contributed by atoms with van der Waals surface area (Å²) >= 11 is 6.07. The van der Waals surface area contributed by atoms with Crippen LogP contribution in [0.25, 0.3) is 22.0 Å². The molecule has 6 nitrogen and oxygen atoms in total. The maximum Gasteiger partial charge on any atom is 0.151 e. The summed E-state index contributed by atoms with van der Waals surface area (Å²) in [7, 11) is -3.14. The zero-order valence-corrected chi connectivity index (χ0v) is 17.1. The van der Waals surface area contributed by atoms with Crippen LogP contribution in [0.1, 0.15) is 5.56 Å². The zero-order chi connectivity index (χ0) is 20.4. The van der Waals surface area contributed by atoms with E-state index in [-0.39, 0.29) is 5.75 Å². The van der Waals surface area contributed by atoms with Crippen molar-refractivity contribution in [2.45, 2.75) is 5.75 Å². The molecule has 2 heterocycles. The average molecular weight is 425 g/mol. The number of fused-ring (bicyclic) bond motifs is 1. The second-order valence-corrected chi connectivity index (χ2v) is 9.32. The molecule has 2 aromatic heterocycles. The third kappa shape index (κ3) is 4.70. The standard InChI is InChI=1S/C21H17ClN4O2S/c1-29(27,28)12-14-7-16(11-23-10-14)15-5-6-20-19(8-15)21(25-13-24-20)26-18-4-2-3-17(22)9-18/h2-11,13H,12H2,1H3,(H,24,25,26). The molecule has 2 aromatic carbocycles. The SMILES string of the molecule is CS(=O)(=O)Cc1cncc(-c2ccc3ncnc(Nc4cccc(Cl)c4)c3c2)c1. The number of rotatable bonds is 5. The molecule has 0 saturated heterocycles. The summed E-state index contributed by atoms with van der Waals surface area (Å²) in [5.74, 6) is 0.603. The second-order valence-electron chi connectivity index (χ2n) is 6.74. The molecule has 0 aliphatic carbocycles. The predicted molar refractivity (Wildman–Crippen MR) is 116 cm³/mol. The van der Waals surface area contributed by atoms with Crippen LogP contribution in [0.4, 0.5) is 11.5 Å². The fourth-order valence-electron chi connectivity index (χ4n) is 3.07. The number of aromatic nitrogens is 3. The topological polar surface area (TPSA) is 84.8 Å². The minimum Gasteiger partial charge on any atom is -0.340 e. The van der Waals surface area contributed by atoms with Gasteiger partial charge in [0, 0.05) is 40.3 Å². The molecule has 146 valence electrons. The molecule has 0 atom stereocenters. The zero-order valence-electron chi connectivity index (χ0n) is 15.5. The van der Waals surface area contributed by atoms with E-state index in [1.54, 1.807) is 18.5 Å². The van der Waals surface area contributed by atoms with E-state index in [0.717, 1.165) is 27.7 Å². The van der Waals surface area contributed by atoms with Crippen LogP contribution >= 0.6 is 11.6 Å². The minimum absolute atomic E-state index is 0.0495. The van der Waals surface area contributed by atoms with Gasteiger partial charge >= 0.3 is 0 Å². The van der Waals surface area contributed by atoms with Gasteiger partial charge in [-0.25, -0.2) is 18.4 Å². The Hall–Kier alpha value is -3.03. The van der Waals surface area contributed by atoms with E-state index >= 15 is 0 Å². The van der Waals surface area contributed by atoms with Gasteiger partial charge in [0.1, 0.15) is 12.1 Å². The molecule has 0 amide bonds. The number of sulfone groups is 1. The fraction of sp³-hybridized carbons (Fsp3) is 0.0952. The molecule has 1 N–H and O–H groups in total.